The number of aromatic nitrogens is 1. The average Bonchev–Trinajstić information content (AvgIpc) is 3.11. The molecule has 47 heavy (non-hydrogen) atoms. The van der Waals surface area contributed by atoms with Crippen molar-refractivity contribution in [2.45, 2.75) is 50.9 Å². The van der Waals surface area contributed by atoms with E-state index in [0.29, 0.717) is 30.2 Å². The molecule has 4 heterocycles. The lowest BCUT2D eigenvalue weighted by molar-refractivity contribution is -0.132. The predicted molar refractivity (Wildman–Crippen MR) is 182 cm³/mol. The molecule has 1 amide bonds. The molecule has 9 heteroatoms. The summed E-state index contributed by atoms with van der Waals surface area (Å²) in [6, 6.07) is 19.5. The number of ether oxygens (including phenoxy) is 1. The molecule has 5 aromatic rings. The molecular weight excluding hydrogens is 594 g/mol. The molecule has 2 aliphatic rings. The second kappa shape index (κ2) is 13.0. The van der Waals surface area contributed by atoms with E-state index >= 15 is 0 Å². The predicted octanol–water partition coefficient (Wildman–Crippen LogP) is 6.95. The molecule has 2 saturated heterocycles. The maximum atomic E-state index is 14.1. The fraction of sp³-hybridized carbons (Fsp3) is 0.342. The van der Waals surface area contributed by atoms with E-state index in [1.807, 2.05) is 59.5 Å². The van der Waals surface area contributed by atoms with Gasteiger partial charge in [-0.3, -0.25) is 9.59 Å². The van der Waals surface area contributed by atoms with Crippen molar-refractivity contribution in [1.82, 2.24) is 9.88 Å². The van der Waals surface area contributed by atoms with Gasteiger partial charge in [-0.05, 0) is 56.7 Å². The first-order valence-corrected chi connectivity index (χ1v) is 16.5. The fourth-order valence-electron chi connectivity index (χ4n) is 7.11. The van der Waals surface area contributed by atoms with Gasteiger partial charge in [-0.25, -0.2) is 4.98 Å². The highest BCUT2D eigenvalue weighted by molar-refractivity contribution is 5.92. The van der Waals surface area contributed by atoms with Gasteiger partial charge in [0.15, 0.2) is 5.43 Å². The van der Waals surface area contributed by atoms with Crippen LogP contribution in [0.15, 0.2) is 75.9 Å². The second-order valence-electron chi connectivity index (χ2n) is 12.6. The van der Waals surface area contributed by atoms with Crippen LogP contribution in [0.4, 0.5) is 5.82 Å². The van der Waals surface area contributed by atoms with E-state index in [0.717, 1.165) is 73.9 Å². The zero-order valence-corrected chi connectivity index (χ0v) is 26.6. The van der Waals surface area contributed by atoms with Crippen molar-refractivity contribution < 1.29 is 24.2 Å². The molecule has 0 unspecified atom stereocenters. The number of phenolic OH excluding ortho intramolecular Hbond substituents is 2. The van der Waals surface area contributed by atoms with Gasteiger partial charge in [0, 0.05) is 78.8 Å². The van der Waals surface area contributed by atoms with E-state index in [1.165, 1.54) is 12.1 Å². The number of likely N-dealkylation sites (tertiary alicyclic amines) is 1. The second-order valence-corrected chi connectivity index (χ2v) is 12.6. The number of phenols is 2. The molecule has 2 aromatic heterocycles. The van der Waals surface area contributed by atoms with Gasteiger partial charge in [0.1, 0.15) is 39.8 Å². The van der Waals surface area contributed by atoms with Crippen LogP contribution in [0.1, 0.15) is 62.0 Å². The molecule has 9 nitrogen and oxygen atoms in total. The third-order valence-corrected chi connectivity index (χ3v) is 9.56. The number of piperidine rings is 2. The van der Waals surface area contributed by atoms with Gasteiger partial charge in [0.2, 0.25) is 5.91 Å². The van der Waals surface area contributed by atoms with Gasteiger partial charge in [-0.15, -0.1) is 0 Å². The van der Waals surface area contributed by atoms with Crippen LogP contribution in [0, 0.1) is 0 Å². The molecule has 0 radical (unpaired) electrons. The van der Waals surface area contributed by atoms with E-state index in [4.69, 9.17) is 14.1 Å². The molecule has 3 aromatic carbocycles. The highest BCUT2D eigenvalue weighted by Crippen LogP contribution is 2.46. The molecule has 242 valence electrons. The summed E-state index contributed by atoms with van der Waals surface area (Å²) in [4.78, 5) is 37.1. The van der Waals surface area contributed by atoms with Crippen LogP contribution in [0.3, 0.4) is 0 Å². The molecule has 0 spiro atoms. The van der Waals surface area contributed by atoms with E-state index < -0.39 is 11.3 Å². The van der Waals surface area contributed by atoms with Gasteiger partial charge in [0.05, 0.1) is 12.6 Å². The molecule has 0 saturated carbocycles. The number of hydrogen-bond donors (Lipinski definition) is 2. The first-order valence-electron chi connectivity index (χ1n) is 16.5. The zero-order chi connectivity index (χ0) is 32.5. The van der Waals surface area contributed by atoms with Crippen molar-refractivity contribution in [2.24, 2.45) is 0 Å². The number of methoxy groups -OCH3 is 1. The van der Waals surface area contributed by atoms with Crippen LogP contribution in [0.2, 0.25) is 0 Å². The van der Waals surface area contributed by atoms with Gasteiger partial charge in [0.25, 0.3) is 0 Å². The summed E-state index contributed by atoms with van der Waals surface area (Å²) in [5, 5.41) is 23.5. The zero-order valence-electron chi connectivity index (χ0n) is 26.6. The molecule has 2 fully saturated rings. The van der Waals surface area contributed by atoms with E-state index in [9.17, 15) is 19.8 Å². The molecule has 0 bridgehead atoms. The number of hydrogen-bond acceptors (Lipinski definition) is 8. The lowest BCUT2D eigenvalue weighted by Gasteiger charge is -2.33. The highest BCUT2D eigenvalue weighted by Gasteiger charge is 2.33. The Hall–Kier alpha value is -5.05. The number of anilines is 1. The number of amides is 1. The third-order valence-electron chi connectivity index (χ3n) is 9.56. The van der Waals surface area contributed by atoms with E-state index in [-0.39, 0.29) is 40.4 Å². The van der Waals surface area contributed by atoms with Crippen LogP contribution in [0.25, 0.3) is 33.2 Å². The quantitative estimate of drug-likeness (QED) is 0.198. The summed E-state index contributed by atoms with van der Waals surface area (Å²) >= 11 is 0. The number of nitrogens with zero attached hydrogens (tertiary/aromatic N) is 3. The van der Waals surface area contributed by atoms with E-state index in [1.54, 1.807) is 7.11 Å². The van der Waals surface area contributed by atoms with Gasteiger partial charge < -0.3 is 29.2 Å². The maximum Gasteiger partial charge on any atom is 0.223 e. The Morgan fingerprint density at radius 1 is 0.894 bits per heavy atom. The van der Waals surface area contributed by atoms with Crippen LogP contribution in [-0.2, 0) is 4.79 Å². The summed E-state index contributed by atoms with van der Waals surface area (Å²) in [6.45, 7) is 2.96. The van der Waals surface area contributed by atoms with Crippen molar-refractivity contribution in [3.05, 3.63) is 88.1 Å². The minimum Gasteiger partial charge on any atom is -0.507 e. The van der Waals surface area contributed by atoms with Gasteiger partial charge in [-0.2, -0.15) is 0 Å². The molecule has 7 rings (SSSR count). The topological polar surface area (TPSA) is 116 Å². The van der Waals surface area contributed by atoms with Gasteiger partial charge in [-0.1, -0.05) is 30.3 Å². The van der Waals surface area contributed by atoms with Crippen LogP contribution >= 0.6 is 0 Å². The summed E-state index contributed by atoms with van der Waals surface area (Å²) in [7, 11) is 1.62. The SMILES string of the molecule is COc1ccc2cc([C@@H](CC(=O)N3CCCCC3)c3c(O)cc(O)c4c(=O)cc(-c5ccccc5)oc34)c(N3CCCCC3)nc2c1. The largest absolute Gasteiger partial charge is 0.507 e. The van der Waals surface area contributed by atoms with Crippen molar-refractivity contribution in [3.63, 3.8) is 0 Å². The molecule has 2 N–H and O–H groups in total. The lowest BCUT2D eigenvalue weighted by Crippen LogP contribution is -2.37. The number of benzene rings is 3. The summed E-state index contributed by atoms with van der Waals surface area (Å²) < 4.78 is 12.0. The Bertz CT molecular complexity index is 2000. The third kappa shape index (κ3) is 5.98. The summed E-state index contributed by atoms with van der Waals surface area (Å²) in [6.07, 6.45) is 6.14. The Labute approximate surface area is 273 Å². The minimum absolute atomic E-state index is 0.0247. The first-order chi connectivity index (χ1) is 22.9. The Morgan fingerprint density at radius 2 is 1.62 bits per heavy atom. The maximum absolute atomic E-state index is 14.1. The van der Waals surface area contributed by atoms with Crippen molar-refractivity contribution in [2.75, 3.05) is 38.2 Å². The monoisotopic (exact) mass is 633 g/mol. The number of fused-ring (bicyclic) bond motifs is 2. The standard InChI is InChI=1S/C38H39N3O6/c1-46-26-14-13-25-19-28(38(39-29(25)20-26)41-17-9-4-10-18-41)27(21-34(45)40-15-7-3-8-16-40)35-30(42)22-31(43)36-32(44)23-33(47-37(35)36)24-11-5-2-6-12-24/h2,5-6,11-14,19-20,22-23,27,42-43H,3-4,7-10,15-18,21H2,1H3/t27-/m1/s1. The van der Waals surface area contributed by atoms with Gasteiger partial charge >= 0.3 is 0 Å². The molecule has 0 aliphatic carbocycles. The summed E-state index contributed by atoms with van der Waals surface area (Å²) in [5.74, 6) is 0.306. The van der Waals surface area contributed by atoms with E-state index in [2.05, 4.69) is 4.90 Å². The highest BCUT2D eigenvalue weighted by atomic mass is 16.5. The van der Waals surface area contributed by atoms with Crippen molar-refractivity contribution in [3.8, 4) is 28.6 Å². The number of carbonyl (C=O) groups excluding carboxylic acids is 1. The lowest BCUT2D eigenvalue weighted by atomic mass is 9.85. The number of rotatable bonds is 7. The summed E-state index contributed by atoms with van der Waals surface area (Å²) in [5.41, 5.74) is 2.09. The molecule has 1 atom stereocenters. The number of carbonyl (C=O) groups is 1. The first kappa shape index (κ1) is 30.6. The minimum atomic E-state index is -0.738. The molecular formula is C38H39N3O6. The normalized spacial score (nSPS) is 16.0. The van der Waals surface area contributed by atoms with Crippen molar-refractivity contribution >= 4 is 33.6 Å². The Balaban J connectivity index is 1.50. The Kier molecular flexibility index (Phi) is 8.45. The van der Waals surface area contributed by atoms with Crippen LogP contribution < -0.4 is 15.1 Å². The number of aromatic hydroxyl groups is 2. The van der Waals surface area contributed by atoms with Crippen LogP contribution in [-0.4, -0.2) is 59.3 Å². The van der Waals surface area contributed by atoms with Crippen LogP contribution in [0.5, 0.6) is 17.2 Å². The number of pyridine rings is 1. The molecule has 2 aliphatic heterocycles. The Morgan fingerprint density at radius 3 is 2.34 bits per heavy atom. The van der Waals surface area contributed by atoms with Crippen molar-refractivity contribution in [1.29, 1.82) is 0 Å². The fourth-order valence-corrected chi connectivity index (χ4v) is 7.11. The smallest absolute Gasteiger partial charge is 0.223 e. The average molecular weight is 634 g/mol.